The highest BCUT2D eigenvalue weighted by Gasteiger charge is 2.29. The first kappa shape index (κ1) is 25.8. The van der Waals surface area contributed by atoms with Gasteiger partial charge in [-0.3, -0.25) is 9.59 Å². The Kier molecular flexibility index (Phi) is 8.97. The second-order valence-corrected chi connectivity index (χ2v) is 7.05. The lowest BCUT2D eigenvalue weighted by molar-refractivity contribution is -0.154. The lowest BCUT2D eigenvalue weighted by Gasteiger charge is -2.18. The summed E-state index contributed by atoms with van der Waals surface area (Å²) in [4.78, 5) is 32.3. The van der Waals surface area contributed by atoms with Gasteiger partial charge in [0.2, 0.25) is 17.7 Å². The first-order valence-electron chi connectivity index (χ1n) is 9.88. The number of rotatable bonds is 10. The van der Waals surface area contributed by atoms with Crippen LogP contribution in [0, 0.1) is 6.92 Å². The number of pyridine rings is 2. The Balaban J connectivity index is 2.22. The number of nitrogens with one attached hydrogen (secondary N) is 2. The maximum atomic E-state index is 12.9. The number of aromatic nitrogens is 2. The van der Waals surface area contributed by atoms with Gasteiger partial charge in [0.15, 0.2) is 6.61 Å². The summed E-state index contributed by atoms with van der Waals surface area (Å²) in [6, 6.07) is 5.30. The van der Waals surface area contributed by atoms with Crippen molar-refractivity contribution >= 4 is 17.6 Å². The molecule has 0 bridgehead atoms. The third-order valence-electron chi connectivity index (χ3n) is 4.12. The van der Waals surface area contributed by atoms with Gasteiger partial charge in [-0.15, -0.1) is 0 Å². The Bertz CT molecular complexity index is 985. The molecular formula is C21H25F3N4O5. The smallest absolute Gasteiger partial charge is 0.422 e. The molecule has 0 aliphatic heterocycles. The Hall–Kier alpha value is -3.41. The molecule has 2 aromatic heterocycles. The molecule has 1 unspecified atom stereocenters. The molecule has 180 valence electrons. The first-order valence-corrected chi connectivity index (χ1v) is 9.88. The predicted molar refractivity (Wildman–Crippen MR) is 112 cm³/mol. The predicted octanol–water partition coefficient (Wildman–Crippen LogP) is 3.20. The SMILES string of the molecule is COCCOc1nc(OCC(F)(F)F)ccc1C(=O)NC(C)c1cc(C)nc(NC(C)=O)c1. The van der Waals surface area contributed by atoms with E-state index in [9.17, 15) is 22.8 Å². The van der Waals surface area contributed by atoms with Crippen LogP contribution in [0.25, 0.3) is 0 Å². The third-order valence-corrected chi connectivity index (χ3v) is 4.12. The summed E-state index contributed by atoms with van der Waals surface area (Å²) in [7, 11) is 1.45. The van der Waals surface area contributed by atoms with Gasteiger partial charge in [0, 0.05) is 25.8 Å². The monoisotopic (exact) mass is 470 g/mol. The van der Waals surface area contributed by atoms with E-state index in [2.05, 4.69) is 25.3 Å². The molecule has 2 heterocycles. The molecule has 0 saturated heterocycles. The first-order chi connectivity index (χ1) is 15.5. The van der Waals surface area contributed by atoms with E-state index in [1.807, 2.05) is 0 Å². The highest BCUT2D eigenvalue weighted by atomic mass is 19.4. The van der Waals surface area contributed by atoms with Crippen molar-refractivity contribution in [2.24, 2.45) is 0 Å². The van der Waals surface area contributed by atoms with E-state index in [0.29, 0.717) is 17.1 Å². The van der Waals surface area contributed by atoms with Crippen molar-refractivity contribution in [2.75, 3.05) is 32.2 Å². The molecule has 12 heteroatoms. The van der Waals surface area contributed by atoms with Crippen LogP contribution in [0.4, 0.5) is 19.0 Å². The van der Waals surface area contributed by atoms with Gasteiger partial charge in [0.25, 0.3) is 5.91 Å². The fraction of sp³-hybridized carbons (Fsp3) is 0.429. The van der Waals surface area contributed by atoms with E-state index >= 15 is 0 Å². The van der Waals surface area contributed by atoms with Gasteiger partial charge in [-0.2, -0.15) is 18.2 Å². The summed E-state index contributed by atoms with van der Waals surface area (Å²) in [6.45, 7) is 3.49. The van der Waals surface area contributed by atoms with Gasteiger partial charge in [-0.05, 0) is 37.6 Å². The molecule has 33 heavy (non-hydrogen) atoms. The Morgan fingerprint density at radius 2 is 1.85 bits per heavy atom. The van der Waals surface area contributed by atoms with E-state index in [1.165, 1.54) is 20.1 Å². The van der Waals surface area contributed by atoms with Crippen LogP contribution in [0.15, 0.2) is 24.3 Å². The molecule has 0 aromatic carbocycles. The quantitative estimate of drug-likeness (QED) is 0.513. The Labute approximate surface area is 188 Å². The zero-order chi connectivity index (χ0) is 24.6. The Morgan fingerprint density at radius 1 is 1.12 bits per heavy atom. The molecule has 2 aromatic rings. The summed E-state index contributed by atoms with van der Waals surface area (Å²) in [5, 5.41) is 5.37. The normalized spacial score (nSPS) is 12.1. The maximum absolute atomic E-state index is 12.9. The second-order valence-electron chi connectivity index (χ2n) is 7.05. The van der Waals surface area contributed by atoms with E-state index < -0.39 is 24.7 Å². The number of aryl methyl sites for hydroxylation is 1. The van der Waals surface area contributed by atoms with Crippen molar-refractivity contribution in [3.8, 4) is 11.8 Å². The summed E-state index contributed by atoms with van der Waals surface area (Å²) >= 11 is 0. The van der Waals surface area contributed by atoms with Crippen LogP contribution < -0.4 is 20.1 Å². The minimum Gasteiger partial charge on any atom is -0.475 e. The summed E-state index contributed by atoms with van der Waals surface area (Å²) in [6.07, 6.45) is -4.54. The number of carbonyl (C=O) groups excluding carboxylic acids is 2. The van der Waals surface area contributed by atoms with E-state index in [0.717, 1.165) is 6.07 Å². The van der Waals surface area contributed by atoms with Gasteiger partial charge >= 0.3 is 6.18 Å². The number of halogens is 3. The van der Waals surface area contributed by atoms with Gasteiger partial charge in [0.05, 0.1) is 12.6 Å². The van der Waals surface area contributed by atoms with Crippen molar-refractivity contribution in [3.05, 3.63) is 41.1 Å². The zero-order valence-corrected chi connectivity index (χ0v) is 18.6. The molecule has 0 radical (unpaired) electrons. The maximum Gasteiger partial charge on any atom is 0.422 e. The van der Waals surface area contributed by atoms with Crippen molar-refractivity contribution in [1.29, 1.82) is 0 Å². The number of carbonyl (C=O) groups is 2. The summed E-state index contributed by atoms with van der Waals surface area (Å²) in [5.74, 6) is -1.04. The average molecular weight is 470 g/mol. The van der Waals surface area contributed by atoms with E-state index in [1.54, 1.807) is 26.0 Å². The molecule has 0 aliphatic carbocycles. The van der Waals surface area contributed by atoms with Crippen LogP contribution in [-0.2, 0) is 9.53 Å². The molecule has 0 aliphatic rings. The topological polar surface area (TPSA) is 112 Å². The van der Waals surface area contributed by atoms with E-state index in [-0.39, 0.29) is 36.4 Å². The van der Waals surface area contributed by atoms with Crippen LogP contribution >= 0.6 is 0 Å². The number of amides is 2. The van der Waals surface area contributed by atoms with Crippen molar-refractivity contribution in [3.63, 3.8) is 0 Å². The third kappa shape index (κ3) is 8.56. The summed E-state index contributed by atoms with van der Waals surface area (Å²) < 4.78 is 52.3. The lowest BCUT2D eigenvalue weighted by Crippen LogP contribution is -2.28. The van der Waals surface area contributed by atoms with E-state index in [4.69, 9.17) is 9.47 Å². The van der Waals surface area contributed by atoms with Crippen LogP contribution in [0.3, 0.4) is 0 Å². The molecule has 2 rings (SSSR count). The molecule has 2 N–H and O–H groups in total. The van der Waals surface area contributed by atoms with Crippen LogP contribution in [-0.4, -0.2) is 54.9 Å². The number of methoxy groups -OCH3 is 1. The average Bonchev–Trinajstić information content (AvgIpc) is 2.71. The van der Waals surface area contributed by atoms with Gasteiger partial charge in [-0.25, -0.2) is 4.98 Å². The fourth-order valence-electron chi connectivity index (χ4n) is 2.71. The number of nitrogens with zero attached hydrogens (tertiary/aromatic N) is 2. The second kappa shape index (κ2) is 11.5. The highest BCUT2D eigenvalue weighted by Crippen LogP contribution is 2.24. The zero-order valence-electron chi connectivity index (χ0n) is 18.6. The number of ether oxygens (including phenoxy) is 3. The Morgan fingerprint density at radius 3 is 2.48 bits per heavy atom. The van der Waals surface area contributed by atoms with Crippen molar-refractivity contribution in [2.45, 2.75) is 33.0 Å². The summed E-state index contributed by atoms with van der Waals surface area (Å²) in [5.41, 5.74) is 1.32. The molecule has 1 atom stereocenters. The fourth-order valence-corrected chi connectivity index (χ4v) is 2.71. The van der Waals surface area contributed by atoms with Crippen LogP contribution in [0.1, 0.15) is 41.5 Å². The van der Waals surface area contributed by atoms with Gasteiger partial charge in [0.1, 0.15) is 18.0 Å². The minimum absolute atomic E-state index is 0.00479. The molecule has 0 fully saturated rings. The number of alkyl halides is 3. The standard InChI is InChI=1S/C21H25F3N4O5/c1-12-9-15(10-17(25-12)27-14(3)29)13(2)26-19(30)16-5-6-18(33-11-21(22,23)24)28-20(16)32-8-7-31-4/h5-6,9-10,13H,7-8,11H2,1-4H3,(H,26,30)(H,25,27,29). The van der Waals surface area contributed by atoms with Gasteiger partial charge < -0.3 is 24.8 Å². The molecule has 0 spiro atoms. The lowest BCUT2D eigenvalue weighted by atomic mass is 10.1. The minimum atomic E-state index is -4.54. The molecule has 0 saturated carbocycles. The largest absolute Gasteiger partial charge is 0.475 e. The highest BCUT2D eigenvalue weighted by molar-refractivity contribution is 5.96. The molecular weight excluding hydrogens is 445 g/mol. The molecule has 2 amide bonds. The van der Waals surface area contributed by atoms with Crippen molar-refractivity contribution < 1.29 is 37.0 Å². The number of anilines is 1. The number of hydrogen-bond donors (Lipinski definition) is 2. The van der Waals surface area contributed by atoms with Crippen LogP contribution in [0.5, 0.6) is 11.8 Å². The number of hydrogen-bond acceptors (Lipinski definition) is 7. The van der Waals surface area contributed by atoms with Gasteiger partial charge in [-0.1, -0.05) is 0 Å². The van der Waals surface area contributed by atoms with Crippen molar-refractivity contribution in [1.82, 2.24) is 15.3 Å². The molecule has 9 nitrogen and oxygen atoms in total. The van der Waals surface area contributed by atoms with Crippen LogP contribution in [0.2, 0.25) is 0 Å².